The molecule has 1 saturated heterocycles. The summed E-state index contributed by atoms with van der Waals surface area (Å²) in [6, 6.07) is 6.60. The topological polar surface area (TPSA) is 91.5 Å². The summed E-state index contributed by atoms with van der Waals surface area (Å²) in [5, 5.41) is 6.40. The third-order valence-corrected chi connectivity index (χ3v) is 7.44. The van der Waals surface area contributed by atoms with Crippen molar-refractivity contribution >= 4 is 17.3 Å². The fourth-order valence-electron chi connectivity index (χ4n) is 5.72. The number of amides is 1. The molecule has 3 atom stereocenters. The Balaban J connectivity index is 1.53. The molecule has 36 heavy (non-hydrogen) atoms. The number of H-pyrrole nitrogens is 1. The van der Waals surface area contributed by atoms with E-state index in [4.69, 9.17) is 9.47 Å². The Labute approximate surface area is 209 Å². The van der Waals surface area contributed by atoms with E-state index >= 15 is 0 Å². The van der Waals surface area contributed by atoms with Gasteiger partial charge in [-0.1, -0.05) is 6.07 Å². The first kappa shape index (κ1) is 22.8. The highest BCUT2D eigenvalue weighted by atomic mass is 19.1. The number of halogens is 1. The molecule has 3 aliphatic rings. The lowest BCUT2D eigenvalue weighted by Crippen LogP contribution is -2.42. The number of hydrogen-bond donors (Lipinski definition) is 3. The molecule has 3 N–H and O–H groups in total. The first-order valence-corrected chi connectivity index (χ1v) is 12.6. The average molecular weight is 492 g/mol. The summed E-state index contributed by atoms with van der Waals surface area (Å²) in [5.41, 5.74) is 3.99. The van der Waals surface area contributed by atoms with Crippen LogP contribution in [0.25, 0.3) is 11.3 Å². The first-order valence-electron chi connectivity index (χ1n) is 12.6. The Morgan fingerprint density at radius 1 is 1.22 bits per heavy atom. The van der Waals surface area contributed by atoms with Crippen molar-refractivity contribution in [2.24, 2.45) is 0 Å². The number of methoxy groups -OCH3 is 1. The number of piperidine rings is 1. The largest absolute Gasteiger partial charge is 0.492 e. The van der Waals surface area contributed by atoms with Crippen molar-refractivity contribution in [3.8, 4) is 22.8 Å². The zero-order valence-corrected chi connectivity index (χ0v) is 20.3. The SMILES string of the molecule is COc1c(F)cccc1Nc1c2[nH]c3c1C(=O)NCC3CCCN1CCCC(C1)Oc1cnccc1-2. The van der Waals surface area contributed by atoms with Crippen molar-refractivity contribution in [2.75, 3.05) is 38.6 Å². The van der Waals surface area contributed by atoms with E-state index in [2.05, 4.69) is 25.5 Å². The molecule has 0 aliphatic carbocycles. The number of rotatable bonds is 3. The molecule has 0 radical (unpaired) electrons. The van der Waals surface area contributed by atoms with Gasteiger partial charge in [0.25, 0.3) is 5.91 Å². The maximum atomic E-state index is 14.5. The number of anilines is 2. The van der Waals surface area contributed by atoms with Crippen LogP contribution in [0.5, 0.6) is 11.5 Å². The quantitative estimate of drug-likeness (QED) is 0.502. The van der Waals surface area contributed by atoms with E-state index in [0.29, 0.717) is 29.2 Å². The second kappa shape index (κ2) is 9.46. The van der Waals surface area contributed by atoms with Gasteiger partial charge in [0.05, 0.1) is 35.9 Å². The number of aromatic nitrogens is 2. The molecule has 0 spiro atoms. The van der Waals surface area contributed by atoms with E-state index in [1.807, 2.05) is 6.07 Å². The number of carbonyl (C=O) groups is 1. The van der Waals surface area contributed by atoms with E-state index in [-0.39, 0.29) is 23.7 Å². The Hall–Kier alpha value is -3.59. The lowest BCUT2D eigenvalue weighted by atomic mass is 9.92. The third kappa shape index (κ3) is 4.07. The van der Waals surface area contributed by atoms with Crippen LogP contribution in [0, 0.1) is 5.82 Å². The van der Waals surface area contributed by atoms with Gasteiger partial charge in [-0.05, 0) is 57.0 Å². The van der Waals surface area contributed by atoms with Crippen LogP contribution in [-0.2, 0) is 0 Å². The number of hydrogen-bond acceptors (Lipinski definition) is 6. The van der Waals surface area contributed by atoms with Gasteiger partial charge in [-0.3, -0.25) is 14.7 Å². The van der Waals surface area contributed by atoms with Crippen LogP contribution < -0.4 is 20.1 Å². The minimum atomic E-state index is -0.479. The van der Waals surface area contributed by atoms with Crippen LogP contribution in [0.2, 0.25) is 0 Å². The third-order valence-electron chi connectivity index (χ3n) is 7.44. The molecule has 188 valence electrons. The van der Waals surface area contributed by atoms with E-state index < -0.39 is 5.82 Å². The van der Waals surface area contributed by atoms with E-state index in [1.54, 1.807) is 24.5 Å². The summed E-state index contributed by atoms with van der Waals surface area (Å²) < 4.78 is 26.4. The predicted molar refractivity (Wildman–Crippen MR) is 135 cm³/mol. The maximum absolute atomic E-state index is 14.5. The van der Waals surface area contributed by atoms with E-state index in [0.717, 1.165) is 62.3 Å². The molecule has 3 unspecified atom stereocenters. The van der Waals surface area contributed by atoms with Crippen molar-refractivity contribution in [2.45, 2.75) is 37.7 Å². The zero-order valence-electron chi connectivity index (χ0n) is 20.3. The highest BCUT2D eigenvalue weighted by Gasteiger charge is 2.34. The first-order chi connectivity index (χ1) is 17.6. The highest BCUT2D eigenvalue weighted by Crippen LogP contribution is 2.44. The van der Waals surface area contributed by atoms with Gasteiger partial charge >= 0.3 is 0 Å². The molecule has 3 aromatic rings. The fourth-order valence-corrected chi connectivity index (χ4v) is 5.72. The maximum Gasteiger partial charge on any atom is 0.255 e. The zero-order chi connectivity index (χ0) is 24.6. The Morgan fingerprint density at radius 2 is 2.08 bits per heavy atom. The lowest BCUT2D eigenvalue weighted by Gasteiger charge is -2.33. The highest BCUT2D eigenvalue weighted by molar-refractivity contribution is 6.07. The van der Waals surface area contributed by atoms with E-state index in [1.165, 1.54) is 13.2 Å². The van der Waals surface area contributed by atoms with Gasteiger partial charge in [-0.15, -0.1) is 0 Å². The van der Waals surface area contributed by atoms with Gasteiger partial charge in [0, 0.05) is 36.5 Å². The number of ether oxygens (including phenoxy) is 2. The molecule has 8 nitrogen and oxygen atoms in total. The van der Waals surface area contributed by atoms with Gasteiger partial charge in [0.1, 0.15) is 11.9 Å². The molecule has 2 aromatic heterocycles. The van der Waals surface area contributed by atoms with Crippen molar-refractivity contribution in [3.05, 3.63) is 53.7 Å². The van der Waals surface area contributed by atoms with Crippen LogP contribution in [0.1, 0.15) is 47.7 Å². The smallest absolute Gasteiger partial charge is 0.255 e. The fraction of sp³-hybridized carbons (Fsp3) is 0.407. The number of para-hydroxylation sites is 1. The van der Waals surface area contributed by atoms with Gasteiger partial charge in [0.15, 0.2) is 11.6 Å². The van der Waals surface area contributed by atoms with Gasteiger partial charge < -0.3 is 25.1 Å². The molecule has 9 heteroatoms. The summed E-state index contributed by atoms with van der Waals surface area (Å²) >= 11 is 0. The molecular weight excluding hydrogens is 461 g/mol. The van der Waals surface area contributed by atoms with Gasteiger partial charge in [-0.2, -0.15) is 0 Å². The minimum absolute atomic E-state index is 0.0723. The second-order valence-electron chi connectivity index (χ2n) is 9.71. The molecule has 0 saturated carbocycles. The normalized spacial score (nSPS) is 23.2. The summed E-state index contributed by atoms with van der Waals surface area (Å²) in [6.07, 6.45) is 7.58. The molecular formula is C27H30FN5O3. The molecule has 1 fully saturated rings. The number of carbonyl (C=O) groups excluding carboxylic acids is 1. The predicted octanol–water partition coefficient (Wildman–Crippen LogP) is 4.43. The summed E-state index contributed by atoms with van der Waals surface area (Å²) in [7, 11) is 1.43. The van der Waals surface area contributed by atoms with Crippen molar-refractivity contribution in [3.63, 3.8) is 0 Å². The standard InChI is InChI=1S/C27H30FN5O3/c1-35-26-19(28)7-2-8-20(26)31-25-22-23-16(13-30-27(22)34)5-3-11-33-12-4-6-17(15-33)36-21-14-29-10-9-18(21)24(25)32-23/h2,7-10,14,16-17,31-32H,3-6,11-13,15H2,1H3,(H,30,34). The number of benzene rings is 1. The summed E-state index contributed by atoms with van der Waals surface area (Å²) in [4.78, 5) is 23.6. The molecule has 3 aliphatic heterocycles. The Morgan fingerprint density at radius 3 is 2.94 bits per heavy atom. The van der Waals surface area contributed by atoms with Crippen molar-refractivity contribution in [1.29, 1.82) is 0 Å². The lowest BCUT2D eigenvalue weighted by molar-refractivity contribution is 0.0867. The minimum Gasteiger partial charge on any atom is -0.492 e. The Bertz CT molecular complexity index is 1290. The van der Waals surface area contributed by atoms with Crippen LogP contribution in [-0.4, -0.2) is 60.2 Å². The molecule has 1 amide bonds. The number of nitrogens with zero attached hydrogens (tertiary/aromatic N) is 2. The monoisotopic (exact) mass is 491 g/mol. The summed E-state index contributed by atoms with van der Waals surface area (Å²) in [5.74, 6) is 0.259. The van der Waals surface area contributed by atoms with Crippen LogP contribution in [0.3, 0.4) is 0 Å². The van der Waals surface area contributed by atoms with Gasteiger partial charge in [-0.25, -0.2) is 4.39 Å². The number of pyridine rings is 1. The van der Waals surface area contributed by atoms with Crippen LogP contribution in [0.4, 0.5) is 15.8 Å². The summed E-state index contributed by atoms with van der Waals surface area (Å²) in [6.45, 7) is 3.55. The molecule has 4 bridgehead atoms. The van der Waals surface area contributed by atoms with E-state index in [9.17, 15) is 9.18 Å². The number of fused-ring (bicyclic) bond motifs is 5. The van der Waals surface area contributed by atoms with Crippen LogP contribution >= 0.6 is 0 Å². The number of nitrogens with one attached hydrogen (secondary N) is 3. The average Bonchev–Trinajstić information content (AvgIpc) is 3.26. The number of aromatic amines is 1. The second-order valence-corrected chi connectivity index (χ2v) is 9.71. The van der Waals surface area contributed by atoms with Crippen molar-refractivity contribution in [1.82, 2.24) is 20.2 Å². The van der Waals surface area contributed by atoms with Crippen molar-refractivity contribution < 1.29 is 18.7 Å². The molecule has 5 heterocycles. The van der Waals surface area contributed by atoms with Gasteiger partial charge in [0.2, 0.25) is 0 Å². The van der Waals surface area contributed by atoms with Crippen LogP contribution in [0.15, 0.2) is 36.7 Å². The molecule has 6 rings (SSSR count). The molecule has 1 aromatic carbocycles. The Kier molecular flexibility index (Phi) is 6.00.